The smallest absolute Gasteiger partial charge is 0.267 e. The van der Waals surface area contributed by atoms with Crippen LogP contribution in [0.2, 0.25) is 0 Å². The van der Waals surface area contributed by atoms with Crippen molar-refractivity contribution in [2.45, 2.75) is 0 Å². The van der Waals surface area contributed by atoms with Crippen molar-refractivity contribution in [2.24, 2.45) is 7.05 Å². The van der Waals surface area contributed by atoms with Crippen molar-refractivity contribution in [3.63, 3.8) is 0 Å². The van der Waals surface area contributed by atoms with E-state index in [-0.39, 0.29) is 5.56 Å². The van der Waals surface area contributed by atoms with E-state index in [0.29, 0.717) is 5.39 Å². The van der Waals surface area contributed by atoms with Crippen molar-refractivity contribution >= 4 is 16.8 Å². The molecule has 0 saturated heterocycles. The fraction of sp³-hybridized carbons (Fsp3) is 0.0909. The molecule has 0 amide bonds. The Morgan fingerprint density at radius 1 is 1.43 bits per heavy atom. The predicted octanol–water partition coefficient (Wildman–Crippen LogP) is 1.58. The molecule has 3 nitrogen and oxygen atoms in total. The number of hydrogen-bond donors (Lipinski definition) is 0. The minimum atomic E-state index is -0.0776. The predicted molar refractivity (Wildman–Crippen MR) is 57.1 cm³/mol. The summed E-state index contributed by atoms with van der Waals surface area (Å²) in [4.78, 5) is 11.7. The summed E-state index contributed by atoms with van der Waals surface area (Å²) < 4.78 is 1.33. The Kier molecular flexibility index (Phi) is 1.93. The lowest BCUT2D eigenvalue weighted by Crippen LogP contribution is -2.19. The number of fused-ring (bicyclic) bond motifs is 1. The molecule has 1 aromatic carbocycles. The molecule has 1 aromatic heterocycles. The third-order valence-corrected chi connectivity index (χ3v) is 2.24. The zero-order valence-electron chi connectivity index (χ0n) is 7.90. The summed E-state index contributed by atoms with van der Waals surface area (Å²) in [6.45, 7) is 3.70. The summed E-state index contributed by atoms with van der Waals surface area (Å²) in [5, 5.41) is 5.50. The highest BCUT2D eigenvalue weighted by molar-refractivity contribution is 5.88. The molecule has 1 heterocycles. The highest BCUT2D eigenvalue weighted by atomic mass is 16.1. The van der Waals surface area contributed by atoms with Crippen molar-refractivity contribution in [1.29, 1.82) is 0 Å². The van der Waals surface area contributed by atoms with Crippen LogP contribution in [-0.2, 0) is 7.05 Å². The summed E-state index contributed by atoms with van der Waals surface area (Å²) >= 11 is 0. The van der Waals surface area contributed by atoms with Crippen LogP contribution in [0.3, 0.4) is 0 Å². The highest BCUT2D eigenvalue weighted by Gasteiger charge is 2.02. The Hall–Kier alpha value is -1.90. The van der Waals surface area contributed by atoms with E-state index in [2.05, 4.69) is 11.7 Å². The van der Waals surface area contributed by atoms with Gasteiger partial charge in [0.05, 0.1) is 11.6 Å². The molecule has 0 saturated carbocycles. The first kappa shape index (κ1) is 8.69. The van der Waals surface area contributed by atoms with Crippen LogP contribution in [0.5, 0.6) is 0 Å². The third-order valence-electron chi connectivity index (χ3n) is 2.24. The van der Waals surface area contributed by atoms with E-state index in [1.165, 1.54) is 4.68 Å². The lowest BCUT2D eigenvalue weighted by molar-refractivity contribution is 0.718. The first-order valence-electron chi connectivity index (χ1n) is 4.31. The average molecular weight is 186 g/mol. The van der Waals surface area contributed by atoms with Crippen molar-refractivity contribution in [3.8, 4) is 0 Å². The van der Waals surface area contributed by atoms with Crippen LogP contribution < -0.4 is 5.56 Å². The van der Waals surface area contributed by atoms with E-state index in [4.69, 9.17) is 0 Å². The van der Waals surface area contributed by atoms with Crippen molar-refractivity contribution in [1.82, 2.24) is 9.78 Å². The number of aryl methyl sites for hydroxylation is 1. The fourth-order valence-corrected chi connectivity index (χ4v) is 1.46. The van der Waals surface area contributed by atoms with Crippen molar-refractivity contribution in [3.05, 3.63) is 46.9 Å². The van der Waals surface area contributed by atoms with Gasteiger partial charge in [0.15, 0.2) is 0 Å². The molecule has 0 aliphatic carbocycles. The Bertz CT molecular complexity index is 555. The van der Waals surface area contributed by atoms with E-state index in [9.17, 15) is 4.79 Å². The molecule has 0 radical (unpaired) electrons. The fourth-order valence-electron chi connectivity index (χ4n) is 1.46. The van der Waals surface area contributed by atoms with Crippen LogP contribution in [0.1, 0.15) is 5.56 Å². The van der Waals surface area contributed by atoms with Gasteiger partial charge in [-0.15, -0.1) is 0 Å². The minimum Gasteiger partial charge on any atom is -0.267 e. The van der Waals surface area contributed by atoms with Gasteiger partial charge in [-0.25, -0.2) is 4.68 Å². The van der Waals surface area contributed by atoms with E-state index in [0.717, 1.165) is 10.9 Å². The normalized spacial score (nSPS) is 10.4. The molecule has 70 valence electrons. The standard InChI is InChI=1S/C11H10N2O/c1-3-8-5-4-6-9-10(8)7-12-13(2)11(9)14/h3-7H,1H2,2H3. The second-order valence-corrected chi connectivity index (χ2v) is 3.09. The molecule has 0 N–H and O–H groups in total. The van der Waals surface area contributed by atoms with Crippen LogP contribution in [0, 0.1) is 0 Å². The Morgan fingerprint density at radius 2 is 2.21 bits per heavy atom. The van der Waals surface area contributed by atoms with E-state index < -0.39 is 0 Å². The molecule has 0 atom stereocenters. The van der Waals surface area contributed by atoms with Crippen LogP contribution in [0.15, 0.2) is 35.8 Å². The van der Waals surface area contributed by atoms with Gasteiger partial charge in [-0.3, -0.25) is 4.79 Å². The molecule has 0 bridgehead atoms. The van der Waals surface area contributed by atoms with Crippen LogP contribution in [-0.4, -0.2) is 9.78 Å². The Labute approximate surface area is 81.3 Å². The minimum absolute atomic E-state index is 0.0776. The molecule has 3 heteroatoms. The van der Waals surface area contributed by atoms with E-state index >= 15 is 0 Å². The SMILES string of the molecule is C=Cc1cccc2c(=O)n(C)ncc12. The second kappa shape index (κ2) is 3.10. The zero-order chi connectivity index (χ0) is 10.1. The zero-order valence-corrected chi connectivity index (χ0v) is 7.90. The number of hydrogen-bond acceptors (Lipinski definition) is 2. The number of nitrogens with zero attached hydrogens (tertiary/aromatic N) is 2. The van der Waals surface area contributed by atoms with Gasteiger partial charge >= 0.3 is 0 Å². The van der Waals surface area contributed by atoms with Gasteiger partial charge in [-0.2, -0.15) is 5.10 Å². The summed E-state index contributed by atoms with van der Waals surface area (Å²) in [6.07, 6.45) is 3.41. The highest BCUT2D eigenvalue weighted by Crippen LogP contribution is 2.14. The first-order chi connectivity index (χ1) is 6.74. The maximum absolute atomic E-state index is 11.7. The first-order valence-corrected chi connectivity index (χ1v) is 4.31. The molecular formula is C11H10N2O. The Morgan fingerprint density at radius 3 is 2.93 bits per heavy atom. The summed E-state index contributed by atoms with van der Waals surface area (Å²) in [6, 6.07) is 5.56. The van der Waals surface area contributed by atoms with E-state index in [1.807, 2.05) is 12.1 Å². The largest absolute Gasteiger partial charge is 0.274 e. The molecule has 0 spiro atoms. The maximum Gasteiger partial charge on any atom is 0.274 e. The van der Waals surface area contributed by atoms with Gasteiger partial charge < -0.3 is 0 Å². The molecule has 0 aliphatic rings. The van der Waals surface area contributed by atoms with Gasteiger partial charge in [-0.1, -0.05) is 24.8 Å². The number of aromatic nitrogens is 2. The topological polar surface area (TPSA) is 34.9 Å². The van der Waals surface area contributed by atoms with Gasteiger partial charge in [0, 0.05) is 12.4 Å². The third kappa shape index (κ3) is 1.14. The van der Waals surface area contributed by atoms with Crippen LogP contribution in [0.25, 0.3) is 16.8 Å². The van der Waals surface area contributed by atoms with Gasteiger partial charge in [0.2, 0.25) is 0 Å². The number of benzene rings is 1. The van der Waals surface area contributed by atoms with Gasteiger partial charge in [0.1, 0.15) is 0 Å². The second-order valence-electron chi connectivity index (χ2n) is 3.09. The van der Waals surface area contributed by atoms with Gasteiger partial charge in [-0.05, 0) is 11.6 Å². The molecule has 0 unspecified atom stereocenters. The van der Waals surface area contributed by atoms with Gasteiger partial charge in [0.25, 0.3) is 5.56 Å². The maximum atomic E-state index is 11.7. The average Bonchev–Trinajstić information content (AvgIpc) is 2.23. The van der Waals surface area contributed by atoms with Crippen LogP contribution >= 0.6 is 0 Å². The number of rotatable bonds is 1. The molecule has 14 heavy (non-hydrogen) atoms. The lowest BCUT2D eigenvalue weighted by Gasteiger charge is -2.02. The molecule has 2 rings (SSSR count). The molecule has 0 aliphatic heterocycles. The lowest BCUT2D eigenvalue weighted by atomic mass is 10.1. The molecular weight excluding hydrogens is 176 g/mol. The summed E-state index contributed by atoms with van der Waals surface area (Å²) in [7, 11) is 1.64. The van der Waals surface area contributed by atoms with Crippen molar-refractivity contribution in [2.75, 3.05) is 0 Å². The monoisotopic (exact) mass is 186 g/mol. The van der Waals surface area contributed by atoms with E-state index in [1.54, 1.807) is 25.4 Å². The Balaban J connectivity index is 3.00. The van der Waals surface area contributed by atoms with Crippen LogP contribution in [0.4, 0.5) is 0 Å². The van der Waals surface area contributed by atoms with Crippen molar-refractivity contribution < 1.29 is 0 Å². The molecule has 2 aromatic rings. The quantitative estimate of drug-likeness (QED) is 0.677. The molecule has 0 fully saturated rings. The summed E-state index contributed by atoms with van der Waals surface area (Å²) in [5.74, 6) is 0. The summed E-state index contributed by atoms with van der Waals surface area (Å²) in [5.41, 5.74) is 0.860.